The van der Waals surface area contributed by atoms with Crippen molar-refractivity contribution in [2.24, 2.45) is 12.8 Å². The SMILES string of the molecule is CCc1ccsc1C(N)c1cnn(C)c1. The second kappa shape index (κ2) is 4.16. The van der Waals surface area contributed by atoms with Gasteiger partial charge in [0.15, 0.2) is 0 Å². The highest BCUT2D eigenvalue weighted by Crippen LogP contribution is 2.27. The summed E-state index contributed by atoms with van der Waals surface area (Å²) in [5, 5.41) is 6.25. The maximum Gasteiger partial charge on any atom is 0.0679 e. The van der Waals surface area contributed by atoms with Crippen LogP contribution < -0.4 is 5.73 Å². The largest absolute Gasteiger partial charge is 0.320 e. The number of rotatable bonds is 3. The van der Waals surface area contributed by atoms with Crippen molar-refractivity contribution in [3.05, 3.63) is 39.8 Å². The summed E-state index contributed by atoms with van der Waals surface area (Å²) >= 11 is 1.72. The molecule has 0 aliphatic heterocycles. The van der Waals surface area contributed by atoms with Crippen molar-refractivity contribution in [1.82, 2.24) is 9.78 Å². The number of hydrogen-bond donors (Lipinski definition) is 1. The van der Waals surface area contributed by atoms with Crippen LogP contribution >= 0.6 is 11.3 Å². The molecule has 2 heterocycles. The van der Waals surface area contributed by atoms with Gasteiger partial charge in [-0.1, -0.05) is 6.92 Å². The lowest BCUT2D eigenvalue weighted by molar-refractivity contribution is 0.765. The van der Waals surface area contributed by atoms with Crippen LogP contribution in [0.1, 0.15) is 29.0 Å². The molecule has 0 spiro atoms. The third kappa shape index (κ3) is 1.96. The molecule has 0 fully saturated rings. The molecule has 0 amide bonds. The van der Waals surface area contributed by atoms with Gasteiger partial charge in [-0.3, -0.25) is 4.68 Å². The molecule has 0 bridgehead atoms. The summed E-state index contributed by atoms with van der Waals surface area (Å²) in [4.78, 5) is 1.26. The number of nitrogens with zero attached hydrogens (tertiary/aromatic N) is 2. The fourth-order valence-corrected chi connectivity index (χ4v) is 2.69. The maximum atomic E-state index is 6.21. The van der Waals surface area contributed by atoms with Crippen molar-refractivity contribution in [2.45, 2.75) is 19.4 Å². The smallest absolute Gasteiger partial charge is 0.0679 e. The minimum atomic E-state index is -0.0337. The minimum absolute atomic E-state index is 0.0337. The van der Waals surface area contributed by atoms with E-state index in [4.69, 9.17) is 5.73 Å². The van der Waals surface area contributed by atoms with E-state index in [-0.39, 0.29) is 6.04 Å². The number of aromatic nitrogens is 2. The topological polar surface area (TPSA) is 43.8 Å². The first-order valence-corrected chi connectivity index (χ1v) is 5.90. The molecule has 2 aromatic rings. The van der Waals surface area contributed by atoms with Gasteiger partial charge in [0.1, 0.15) is 0 Å². The summed E-state index contributed by atoms with van der Waals surface area (Å²) in [5.41, 5.74) is 8.63. The average molecular weight is 221 g/mol. The predicted octanol–water partition coefficient (Wildman–Crippen LogP) is 2.09. The van der Waals surface area contributed by atoms with Crippen LogP contribution in [-0.2, 0) is 13.5 Å². The Morgan fingerprint density at radius 3 is 3.00 bits per heavy atom. The zero-order chi connectivity index (χ0) is 10.8. The molecule has 1 unspecified atom stereocenters. The number of hydrogen-bond acceptors (Lipinski definition) is 3. The molecule has 80 valence electrons. The van der Waals surface area contributed by atoms with Crippen LogP contribution in [0.25, 0.3) is 0 Å². The Bertz CT molecular complexity index is 444. The third-order valence-electron chi connectivity index (χ3n) is 2.53. The van der Waals surface area contributed by atoms with Crippen LogP contribution in [-0.4, -0.2) is 9.78 Å². The van der Waals surface area contributed by atoms with Crippen LogP contribution in [0.5, 0.6) is 0 Å². The monoisotopic (exact) mass is 221 g/mol. The molecule has 2 rings (SSSR count). The lowest BCUT2D eigenvalue weighted by Crippen LogP contribution is -2.11. The molecule has 0 radical (unpaired) electrons. The van der Waals surface area contributed by atoms with E-state index >= 15 is 0 Å². The molecule has 0 saturated carbocycles. The standard InChI is InChI=1S/C11H15N3S/c1-3-8-4-5-15-11(8)10(12)9-6-13-14(2)7-9/h4-7,10H,3,12H2,1-2H3. The first kappa shape index (κ1) is 10.4. The average Bonchev–Trinajstić information content (AvgIpc) is 2.84. The van der Waals surface area contributed by atoms with Gasteiger partial charge in [0.2, 0.25) is 0 Å². The summed E-state index contributed by atoms with van der Waals surface area (Å²) in [6.45, 7) is 2.15. The second-order valence-corrected chi connectivity index (χ2v) is 4.54. The van der Waals surface area contributed by atoms with Gasteiger partial charge in [-0.25, -0.2) is 0 Å². The molecule has 0 saturated heterocycles. The zero-order valence-corrected chi connectivity index (χ0v) is 9.79. The third-order valence-corrected chi connectivity index (χ3v) is 3.57. The molecule has 15 heavy (non-hydrogen) atoms. The van der Waals surface area contributed by atoms with Crippen molar-refractivity contribution < 1.29 is 0 Å². The Morgan fingerprint density at radius 1 is 1.60 bits per heavy atom. The molecule has 0 aromatic carbocycles. The minimum Gasteiger partial charge on any atom is -0.320 e. The molecule has 1 atom stereocenters. The summed E-state index contributed by atoms with van der Waals surface area (Å²) in [6.07, 6.45) is 4.85. The van der Waals surface area contributed by atoms with E-state index in [0.29, 0.717) is 0 Å². The Labute approximate surface area is 93.5 Å². The van der Waals surface area contributed by atoms with Gasteiger partial charge in [0.05, 0.1) is 12.2 Å². The lowest BCUT2D eigenvalue weighted by atomic mass is 10.1. The highest BCUT2D eigenvalue weighted by Gasteiger charge is 2.14. The summed E-state index contributed by atoms with van der Waals surface area (Å²) in [6, 6.07) is 2.12. The normalized spacial score (nSPS) is 13.0. The fraction of sp³-hybridized carbons (Fsp3) is 0.364. The Kier molecular flexibility index (Phi) is 2.88. The Hall–Kier alpha value is -1.13. The van der Waals surface area contributed by atoms with Crippen LogP contribution in [0.3, 0.4) is 0 Å². The van der Waals surface area contributed by atoms with Gasteiger partial charge in [0.25, 0.3) is 0 Å². The highest BCUT2D eigenvalue weighted by molar-refractivity contribution is 7.10. The quantitative estimate of drug-likeness (QED) is 0.862. The molecular formula is C11H15N3S. The van der Waals surface area contributed by atoms with E-state index in [9.17, 15) is 0 Å². The van der Waals surface area contributed by atoms with Gasteiger partial charge in [0, 0.05) is 23.7 Å². The van der Waals surface area contributed by atoms with E-state index in [1.807, 2.05) is 19.4 Å². The molecule has 3 nitrogen and oxygen atoms in total. The van der Waals surface area contributed by atoms with E-state index in [2.05, 4.69) is 23.5 Å². The molecule has 4 heteroatoms. The summed E-state index contributed by atoms with van der Waals surface area (Å²) in [5.74, 6) is 0. The van der Waals surface area contributed by atoms with Crippen molar-refractivity contribution in [1.29, 1.82) is 0 Å². The van der Waals surface area contributed by atoms with Gasteiger partial charge in [-0.05, 0) is 23.4 Å². The van der Waals surface area contributed by atoms with Crippen LogP contribution in [0.15, 0.2) is 23.8 Å². The van der Waals surface area contributed by atoms with Crippen molar-refractivity contribution in [3.8, 4) is 0 Å². The van der Waals surface area contributed by atoms with Crippen molar-refractivity contribution in [2.75, 3.05) is 0 Å². The number of nitrogens with two attached hydrogens (primary N) is 1. The maximum absolute atomic E-state index is 6.21. The van der Waals surface area contributed by atoms with E-state index in [0.717, 1.165) is 12.0 Å². The van der Waals surface area contributed by atoms with E-state index < -0.39 is 0 Å². The highest BCUT2D eigenvalue weighted by atomic mass is 32.1. The number of aryl methyl sites for hydroxylation is 2. The van der Waals surface area contributed by atoms with Crippen LogP contribution in [0.4, 0.5) is 0 Å². The summed E-state index contributed by atoms with van der Waals surface area (Å²) in [7, 11) is 1.91. The molecule has 0 aliphatic rings. The molecule has 0 aliphatic carbocycles. The first-order valence-electron chi connectivity index (χ1n) is 5.02. The molecular weight excluding hydrogens is 206 g/mol. The first-order chi connectivity index (χ1) is 7.22. The second-order valence-electron chi connectivity index (χ2n) is 3.59. The number of thiophene rings is 1. The van der Waals surface area contributed by atoms with Crippen LogP contribution in [0.2, 0.25) is 0 Å². The Balaban J connectivity index is 2.31. The van der Waals surface area contributed by atoms with Gasteiger partial charge < -0.3 is 5.73 Å². The fourth-order valence-electron chi connectivity index (χ4n) is 1.66. The van der Waals surface area contributed by atoms with Gasteiger partial charge >= 0.3 is 0 Å². The molecule has 2 N–H and O–H groups in total. The van der Waals surface area contributed by atoms with Gasteiger partial charge in [-0.15, -0.1) is 11.3 Å². The van der Waals surface area contributed by atoms with Crippen molar-refractivity contribution in [3.63, 3.8) is 0 Å². The Morgan fingerprint density at radius 2 is 2.40 bits per heavy atom. The van der Waals surface area contributed by atoms with Crippen LogP contribution in [0, 0.1) is 0 Å². The van der Waals surface area contributed by atoms with Crippen molar-refractivity contribution >= 4 is 11.3 Å². The molecule has 2 aromatic heterocycles. The van der Waals surface area contributed by atoms with E-state index in [1.54, 1.807) is 16.0 Å². The lowest BCUT2D eigenvalue weighted by Gasteiger charge is -2.09. The van der Waals surface area contributed by atoms with Gasteiger partial charge in [-0.2, -0.15) is 5.10 Å². The van der Waals surface area contributed by atoms with E-state index in [1.165, 1.54) is 10.4 Å². The summed E-state index contributed by atoms with van der Waals surface area (Å²) < 4.78 is 1.79. The predicted molar refractivity (Wildman–Crippen MR) is 62.9 cm³/mol. The zero-order valence-electron chi connectivity index (χ0n) is 8.97.